The van der Waals surface area contributed by atoms with Crippen LogP contribution in [0, 0.1) is 5.92 Å². The van der Waals surface area contributed by atoms with Gasteiger partial charge in [0.05, 0.1) is 11.8 Å². The standard InChI is InChI=1S/C21H31N5O2/c1-4-5-6-9-22-20(27)16-7-10-25(11-8-16)21(28)18-12-17-14-24-26(15(2)3)19(17)23-13-18/h12-16H,4-11H2,1-3H3,(H,22,27). The number of carbonyl (C=O) groups is 2. The van der Waals surface area contributed by atoms with Crippen molar-refractivity contribution in [3.05, 3.63) is 24.0 Å². The molecule has 0 unspecified atom stereocenters. The Balaban J connectivity index is 1.56. The third-order valence-corrected chi connectivity index (χ3v) is 5.40. The van der Waals surface area contributed by atoms with Crippen LogP contribution in [0.2, 0.25) is 0 Å². The Morgan fingerprint density at radius 2 is 1.96 bits per heavy atom. The number of fused-ring (bicyclic) bond motifs is 1. The average molecular weight is 386 g/mol. The zero-order valence-electron chi connectivity index (χ0n) is 17.1. The first kappa shape index (κ1) is 20.3. The van der Waals surface area contributed by atoms with Crippen LogP contribution in [0.25, 0.3) is 11.0 Å². The summed E-state index contributed by atoms with van der Waals surface area (Å²) in [6.45, 7) is 8.22. The Kier molecular flexibility index (Phi) is 6.65. The summed E-state index contributed by atoms with van der Waals surface area (Å²) >= 11 is 0. The van der Waals surface area contributed by atoms with Crippen LogP contribution >= 0.6 is 0 Å². The van der Waals surface area contributed by atoms with Crippen LogP contribution in [-0.2, 0) is 4.79 Å². The van der Waals surface area contributed by atoms with Crippen LogP contribution in [-0.4, -0.2) is 51.1 Å². The van der Waals surface area contributed by atoms with Crippen molar-refractivity contribution < 1.29 is 9.59 Å². The van der Waals surface area contributed by atoms with E-state index in [4.69, 9.17) is 0 Å². The van der Waals surface area contributed by atoms with Crippen molar-refractivity contribution >= 4 is 22.8 Å². The zero-order chi connectivity index (χ0) is 20.1. The van der Waals surface area contributed by atoms with E-state index >= 15 is 0 Å². The summed E-state index contributed by atoms with van der Waals surface area (Å²) in [6.07, 6.45) is 8.14. The Hall–Kier alpha value is -2.44. The van der Waals surface area contributed by atoms with Crippen LogP contribution in [0.4, 0.5) is 0 Å². The number of carbonyl (C=O) groups excluding carboxylic acids is 2. The zero-order valence-corrected chi connectivity index (χ0v) is 17.1. The van der Waals surface area contributed by atoms with Crippen LogP contribution in [0.3, 0.4) is 0 Å². The lowest BCUT2D eigenvalue weighted by Gasteiger charge is -2.31. The molecule has 2 amide bonds. The van der Waals surface area contributed by atoms with Gasteiger partial charge in [-0.2, -0.15) is 5.10 Å². The Labute approximate surface area is 166 Å². The van der Waals surface area contributed by atoms with Gasteiger partial charge in [0, 0.05) is 43.2 Å². The molecule has 28 heavy (non-hydrogen) atoms. The van der Waals surface area contributed by atoms with Gasteiger partial charge in [-0.05, 0) is 39.2 Å². The molecule has 7 nitrogen and oxygen atoms in total. The Bertz CT molecular complexity index is 821. The van der Waals surface area contributed by atoms with E-state index in [-0.39, 0.29) is 23.8 Å². The highest BCUT2D eigenvalue weighted by atomic mass is 16.2. The predicted molar refractivity (Wildman–Crippen MR) is 109 cm³/mol. The number of unbranched alkanes of at least 4 members (excludes halogenated alkanes) is 2. The van der Waals surface area contributed by atoms with Crippen LogP contribution in [0.5, 0.6) is 0 Å². The first-order chi connectivity index (χ1) is 13.5. The third kappa shape index (κ3) is 4.51. The monoisotopic (exact) mass is 385 g/mol. The van der Waals surface area contributed by atoms with Crippen molar-refractivity contribution in [1.29, 1.82) is 0 Å². The third-order valence-electron chi connectivity index (χ3n) is 5.40. The fourth-order valence-corrected chi connectivity index (χ4v) is 3.69. The number of hydrogen-bond acceptors (Lipinski definition) is 4. The van der Waals surface area contributed by atoms with E-state index in [0.717, 1.165) is 36.8 Å². The molecule has 0 saturated carbocycles. The highest BCUT2D eigenvalue weighted by molar-refractivity contribution is 5.97. The van der Waals surface area contributed by atoms with Gasteiger partial charge in [0.1, 0.15) is 0 Å². The van der Waals surface area contributed by atoms with E-state index in [1.807, 2.05) is 15.6 Å². The van der Waals surface area contributed by atoms with Crippen molar-refractivity contribution in [3.63, 3.8) is 0 Å². The first-order valence-corrected chi connectivity index (χ1v) is 10.4. The van der Waals surface area contributed by atoms with Crippen molar-refractivity contribution in [2.24, 2.45) is 5.92 Å². The van der Waals surface area contributed by atoms with Gasteiger partial charge in [0.25, 0.3) is 5.91 Å². The van der Waals surface area contributed by atoms with Gasteiger partial charge in [-0.1, -0.05) is 19.8 Å². The van der Waals surface area contributed by atoms with Gasteiger partial charge in [-0.25, -0.2) is 9.67 Å². The molecule has 7 heteroatoms. The molecule has 1 aliphatic heterocycles. The molecule has 1 N–H and O–H groups in total. The fraction of sp³-hybridized carbons (Fsp3) is 0.619. The lowest BCUT2D eigenvalue weighted by molar-refractivity contribution is -0.126. The summed E-state index contributed by atoms with van der Waals surface area (Å²) in [5.41, 5.74) is 1.38. The van der Waals surface area contributed by atoms with Gasteiger partial charge >= 0.3 is 0 Å². The molecule has 1 saturated heterocycles. The maximum Gasteiger partial charge on any atom is 0.255 e. The van der Waals surface area contributed by atoms with Gasteiger partial charge in [-0.3, -0.25) is 9.59 Å². The number of aromatic nitrogens is 3. The van der Waals surface area contributed by atoms with E-state index in [1.54, 1.807) is 12.4 Å². The highest BCUT2D eigenvalue weighted by Gasteiger charge is 2.28. The molecule has 1 fully saturated rings. The molecule has 0 bridgehead atoms. The predicted octanol–water partition coefficient (Wildman–Crippen LogP) is 3.17. The van der Waals surface area contributed by atoms with Gasteiger partial charge in [-0.15, -0.1) is 0 Å². The van der Waals surface area contributed by atoms with E-state index in [2.05, 4.69) is 36.2 Å². The lowest BCUT2D eigenvalue weighted by atomic mass is 9.95. The van der Waals surface area contributed by atoms with E-state index in [0.29, 0.717) is 31.5 Å². The number of piperidine rings is 1. The molecule has 0 aliphatic carbocycles. The van der Waals surface area contributed by atoms with Crippen molar-refractivity contribution in [2.75, 3.05) is 19.6 Å². The molecule has 2 aromatic rings. The number of amides is 2. The number of rotatable bonds is 7. The van der Waals surface area contributed by atoms with E-state index in [9.17, 15) is 9.59 Å². The Morgan fingerprint density at radius 3 is 2.64 bits per heavy atom. The maximum atomic E-state index is 12.9. The summed E-state index contributed by atoms with van der Waals surface area (Å²) < 4.78 is 1.86. The molecular formula is C21H31N5O2. The van der Waals surface area contributed by atoms with Gasteiger partial charge in [0.15, 0.2) is 5.65 Å². The summed E-state index contributed by atoms with van der Waals surface area (Å²) in [5.74, 6) is 0.122. The van der Waals surface area contributed by atoms with Crippen LogP contribution < -0.4 is 5.32 Å². The van der Waals surface area contributed by atoms with Crippen molar-refractivity contribution in [2.45, 2.75) is 58.9 Å². The molecule has 0 aromatic carbocycles. The smallest absolute Gasteiger partial charge is 0.255 e. The topological polar surface area (TPSA) is 80.1 Å². The molecule has 1 aliphatic rings. The second-order valence-corrected chi connectivity index (χ2v) is 7.88. The molecule has 2 aromatic heterocycles. The molecule has 0 atom stereocenters. The van der Waals surface area contributed by atoms with Crippen LogP contribution in [0.15, 0.2) is 18.5 Å². The summed E-state index contributed by atoms with van der Waals surface area (Å²) in [6, 6.07) is 2.09. The van der Waals surface area contributed by atoms with Crippen LogP contribution in [0.1, 0.15) is 69.3 Å². The fourth-order valence-electron chi connectivity index (χ4n) is 3.69. The number of likely N-dealkylation sites (tertiary alicyclic amines) is 1. The largest absolute Gasteiger partial charge is 0.356 e. The number of pyridine rings is 1. The van der Waals surface area contributed by atoms with Gasteiger partial charge in [0.2, 0.25) is 5.91 Å². The minimum Gasteiger partial charge on any atom is -0.356 e. The molecule has 3 heterocycles. The van der Waals surface area contributed by atoms with E-state index in [1.165, 1.54) is 0 Å². The minimum absolute atomic E-state index is 0.00977. The summed E-state index contributed by atoms with van der Waals surface area (Å²) in [5, 5.41) is 8.27. The van der Waals surface area contributed by atoms with Gasteiger partial charge < -0.3 is 10.2 Å². The highest BCUT2D eigenvalue weighted by Crippen LogP contribution is 2.21. The number of nitrogens with zero attached hydrogens (tertiary/aromatic N) is 4. The second kappa shape index (κ2) is 9.17. The minimum atomic E-state index is -0.0199. The van der Waals surface area contributed by atoms with Crippen molar-refractivity contribution in [3.8, 4) is 0 Å². The normalized spacial score (nSPS) is 15.4. The SMILES string of the molecule is CCCCCNC(=O)C1CCN(C(=O)c2cnc3c(cnn3C(C)C)c2)CC1. The quantitative estimate of drug-likeness (QED) is 0.743. The lowest BCUT2D eigenvalue weighted by Crippen LogP contribution is -2.43. The number of hydrogen-bond donors (Lipinski definition) is 1. The Morgan fingerprint density at radius 1 is 1.21 bits per heavy atom. The second-order valence-electron chi connectivity index (χ2n) is 7.88. The summed E-state index contributed by atoms with van der Waals surface area (Å²) in [7, 11) is 0. The molecule has 0 radical (unpaired) electrons. The average Bonchev–Trinajstić information content (AvgIpc) is 3.14. The first-order valence-electron chi connectivity index (χ1n) is 10.4. The number of nitrogens with one attached hydrogen (secondary N) is 1. The molecule has 3 rings (SSSR count). The molecule has 0 spiro atoms. The van der Waals surface area contributed by atoms with E-state index < -0.39 is 0 Å². The maximum absolute atomic E-state index is 12.9. The summed E-state index contributed by atoms with van der Waals surface area (Å²) in [4.78, 5) is 31.4. The molecule has 152 valence electrons. The van der Waals surface area contributed by atoms with Crippen molar-refractivity contribution in [1.82, 2.24) is 25.0 Å². The molecular weight excluding hydrogens is 354 g/mol.